The van der Waals surface area contributed by atoms with Crippen molar-refractivity contribution in [1.29, 1.82) is 0 Å². The Bertz CT molecular complexity index is 1390. The average Bonchev–Trinajstić information content (AvgIpc) is 3.39. The Balaban J connectivity index is 1.42. The second-order valence-electron chi connectivity index (χ2n) is 9.75. The zero-order valence-corrected chi connectivity index (χ0v) is 21.8. The predicted octanol–water partition coefficient (Wildman–Crippen LogP) is 4.66. The lowest BCUT2D eigenvalue weighted by Gasteiger charge is -2.16. The topological polar surface area (TPSA) is 135 Å². The SMILES string of the molecule is CC(OC(N)=O)c1oc(-c2ccc(OC3CCOC3)c(OCC3CC3)c2)nc1C(=O)NCc1ccc(F)cc1F. The van der Waals surface area contributed by atoms with Crippen molar-refractivity contribution in [1.82, 2.24) is 10.3 Å². The second-order valence-corrected chi connectivity index (χ2v) is 9.75. The van der Waals surface area contributed by atoms with Crippen molar-refractivity contribution in [3.63, 3.8) is 0 Å². The van der Waals surface area contributed by atoms with E-state index in [0.29, 0.717) is 42.8 Å². The highest BCUT2D eigenvalue weighted by atomic mass is 19.1. The van der Waals surface area contributed by atoms with Crippen molar-refractivity contribution in [2.75, 3.05) is 19.8 Å². The van der Waals surface area contributed by atoms with Crippen LogP contribution in [0.3, 0.4) is 0 Å². The number of carbonyl (C=O) groups is 2. The fourth-order valence-corrected chi connectivity index (χ4v) is 4.17. The van der Waals surface area contributed by atoms with E-state index in [9.17, 15) is 18.4 Å². The lowest BCUT2D eigenvalue weighted by Crippen LogP contribution is -2.26. The number of aromatic nitrogens is 1. The van der Waals surface area contributed by atoms with E-state index >= 15 is 0 Å². The molecule has 0 spiro atoms. The number of primary amides is 1. The highest BCUT2D eigenvalue weighted by Crippen LogP contribution is 2.37. The van der Waals surface area contributed by atoms with Gasteiger partial charge in [0.2, 0.25) is 5.89 Å². The van der Waals surface area contributed by atoms with Gasteiger partial charge in [0.15, 0.2) is 29.1 Å². The van der Waals surface area contributed by atoms with Gasteiger partial charge in [0.05, 0.1) is 19.8 Å². The first kappa shape index (κ1) is 27.4. The van der Waals surface area contributed by atoms with Crippen LogP contribution >= 0.6 is 0 Å². The van der Waals surface area contributed by atoms with Gasteiger partial charge >= 0.3 is 6.09 Å². The van der Waals surface area contributed by atoms with Crippen LogP contribution < -0.4 is 20.5 Å². The lowest BCUT2D eigenvalue weighted by atomic mass is 10.2. The number of benzene rings is 2. The number of nitrogens with two attached hydrogens (primary N) is 1. The van der Waals surface area contributed by atoms with Gasteiger partial charge in [-0.1, -0.05) is 6.07 Å². The summed E-state index contributed by atoms with van der Waals surface area (Å²) < 4.78 is 55.8. The molecule has 212 valence electrons. The molecule has 1 aliphatic heterocycles. The number of oxazole rings is 1. The minimum Gasteiger partial charge on any atom is -0.489 e. The van der Waals surface area contributed by atoms with E-state index in [1.165, 1.54) is 13.0 Å². The van der Waals surface area contributed by atoms with Crippen molar-refractivity contribution in [3.8, 4) is 23.0 Å². The van der Waals surface area contributed by atoms with Crippen molar-refractivity contribution in [2.45, 2.75) is 44.9 Å². The molecule has 5 rings (SSSR count). The molecule has 2 aliphatic rings. The van der Waals surface area contributed by atoms with Crippen LogP contribution in [0.25, 0.3) is 11.5 Å². The summed E-state index contributed by atoms with van der Waals surface area (Å²) in [6.07, 6.45) is 0.762. The van der Waals surface area contributed by atoms with E-state index in [2.05, 4.69) is 10.3 Å². The molecule has 10 nitrogen and oxygen atoms in total. The summed E-state index contributed by atoms with van der Waals surface area (Å²) in [6, 6.07) is 8.19. The van der Waals surface area contributed by atoms with Gasteiger partial charge in [-0.2, -0.15) is 0 Å². The number of nitrogens with zero attached hydrogens (tertiary/aromatic N) is 1. The molecule has 2 fully saturated rings. The van der Waals surface area contributed by atoms with E-state index in [4.69, 9.17) is 29.1 Å². The largest absolute Gasteiger partial charge is 0.489 e. The Hall–Kier alpha value is -4.19. The molecular weight excluding hydrogens is 528 g/mol. The summed E-state index contributed by atoms with van der Waals surface area (Å²) in [5.74, 6) is -0.729. The monoisotopic (exact) mass is 557 g/mol. The molecule has 3 aromatic rings. The third-order valence-electron chi connectivity index (χ3n) is 6.53. The first-order valence-electron chi connectivity index (χ1n) is 13.0. The Labute approximate surface area is 228 Å². The summed E-state index contributed by atoms with van der Waals surface area (Å²) in [7, 11) is 0. The van der Waals surface area contributed by atoms with E-state index < -0.39 is 29.7 Å². The van der Waals surface area contributed by atoms with Crippen molar-refractivity contribution < 1.29 is 41.7 Å². The molecule has 40 heavy (non-hydrogen) atoms. The molecule has 2 amide bonds. The number of ether oxygens (including phenoxy) is 4. The fourth-order valence-electron chi connectivity index (χ4n) is 4.17. The molecule has 1 saturated heterocycles. The molecule has 2 atom stereocenters. The minimum absolute atomic E-state index is 0.0556. The zero-order valence-electron chi connectivity index (χ0n) is 21.8. The van der Waals surface area contributed by atoms with Crippen LogP contribution in [0.15, 0.2) is 40.8 Å². The molecule has 12 heteroatoms. The van der Waals surface area contributed by atoms with Crippen LogP contribution in [-0.4, -0.2) is 42.9 Å². The van der Waals surface area contributed by atoms with Crippen LogP contribution in [0.4, 0.5) is 13.6 Å². The molecule has 2 aromatic carbocycles. The standard InChI is InChI=1S/C28H29F2N3O7/c1-15(38-28(31)35)25-24(26(34)32-12-18-4-6-19(29)11-21(18)30)33-27(40-25)17-5-7-22(39-20-8-9-36-14-20)23(10-17)37-13-16-2-3-16/h4-7,10-11,15-16,20H,2-3,8-9,12-14H2,1H3,(H2,31,35)(H,32,34). The smallest absolute Gasteiger partial charge is 0.405 e. The molecule has 2 unspecified atom stereocenters. The number of hydrogen-bond acceptors (Lipinski definition) is 8. The molecular formula is C28H29F2N3O7. The van der Waals surface area contributed by atoms with Crippen LogP contribution in [0.5, 0.6) is 11.5 Å². The second kappa shape index (κ2) is 11.9. The Morgan fingerprint density at radius 2 is 1.98 bits per heavy atom. The third-order valence-corrected chi connectivity index (χ3v) is 6.53. The van der Waals surface area contributed by atoms with Gasteiger partial charge < -0.3 is 34.4 Å². The zero-order chi connectivity index (χ0) is 28.2. The van der Waals surface area contributed by atoms with Crippen molar-refractivity contribution in [3.05, 3.63) is 65.1 Å². The molecule has 1 saturated carbocycles. The molecule has 0 radical (unpaired) electrons. The van der Waals surface area contributed by atoms with Gasteiger partial charge in [0.25, 0.3) is 5.91 Å². The van der Waals surface area contributed by atoms with E-state index in [1.54, 1.807) is 18.2 Å². The molecule has 3 N–H and O–H groups in total. The van der Waals surface area contributed by atoms with E-state index in [0.717, 1.165) is 31.4 Å². The van der Waals surface area contributed by atoms with Crippen LogP contribution in [0.2, 0.25) is 0 Å². The average molecular weight is 558 g/mol. The van der Waals surface area contributed by atoms with Crippen LogP contribution in [0.1, 0.15) is 54.1 Å². The lowest BCUT2D eigenvalue weighted by molar-refractivity contribution is 0.0904. The van der Waals surface area contributed by atoms with Gasteiger partial charge in [-0.15, -0.1) is 0 Å². The number of amides is 2. The normalized spacial score (nSPS) is 17.3. The molecule has 0 bridgehead atoms. The maximum atomic E-state index is 14.1. The highest BCUT2D eigenvalue weighted by Gasteiger charge is 2.28. The van der Waals surface area contributed by atoms with Crippen molar-refractivity contribution in [2.24, 2.45) is 11.7 Å². The quantitative estimate of drug-likeness (QED) is 0.348. The van der Waals surface area contributed by atoms with Gasteiger partial charge in [0.1, 0.15) is 17.7 Å². The third kappa shape index (κ3) is 6.68. The van der Waals surface area contributed by atoms with Gasteiger partial charge in [-0.3, -0.25) is 4.79 Å². The summed E-state index contributed by atoms with van der Waals surface area (Å²) >= 11 is 0. The first-order chi connectivity index (χ1) is 19.3. The first-order valence-corrected chi connectivity index (χ1v) is 13.0. The minimum atomic E-state index is -1.07. The Kier molecular flexibility index (Phi) is 8.15. The summed E-state index contributed by atoms with van der Waals surface area (Å²) in [6.45, 7) is 2.88. The van der Waals surface area contributed by atoms with Crippen molar-refractivity contribution >= 4 is 12.0 Å². The summed E-state index contributed by atoms with van der Waals surface area (Å²) in [4.78, 5) is 28.8. The number of rotatable bonds is 11. The van der Waals surface area contributed by atoms with Gasteiger partial charge in [0, 0.05) is 30.2 Å². The maximum absolute atomic E-state index is 14.1. The van der Waals surface area contributed by atoms with E-state index in [-0.39, 0.29) is 35.6 Å². The highest BCUT2D eigenvalue weighted by molar-refractivity contribution is 5.94. The molecule has 1 aromatic heterocycles. The number of hydrogen-bond donors (Lipinski definition) is 2. The Morgan fingerprint density at radius 1 is 1.15 bits per heavy atom. The Morgan fingerprint density at radius 3 is 2.67 bits per heavy atom. The van der Waals surface area contributed by atoms with Gasteiger partial charge in [-0.25, -0.2) is 18.6 Å². The predicted molar refractivity (Wildman–Crippen MR) is 137 cm³/mol. The molecule has 2 heterocycles. The van der Waals surface area contributed by atoms with Crippen LogP contribution in [-0.2, 0) is 16.0 Å². The fraction of sp³-hybridized carbons (Fsp3) is 0.393. The summed E-state index contributed by atoms with van der Waals surface area (Å²) in [5, 5.41) is 2.54. The summed E-state index contributed by atoms with van der Waals surface area (Å²) in [5.41, 5.74) is 5.54. The molecule has 1 aliphatic carbocycles. The number of carbonyl (C=O) groups excluding carboxylic acids is 2. The van der Waals surface area contributed by atoms with Gasteiger partial charge in [-0.05, 0) is 49.9 Å². The number of halogens is 2. The number of nitrogens with one attached hydrogen (secondary N) is 1. The van der Waals surface area contributed by atoms with E-state index in [1.807, 2.05) is 0 Å². The van der Waals surface area contributed by atoms with Crippen LogP contribution in [0, 0.1) is 17.6 Å². The maximum Gasteiger partial charge on any atom is 0.405 e.